The molecule has 0 aliphatic rings. The third-order valence-electron chi connectivity index (χ3n) is 7.18. The summed E-state index contributed by atoms with van der Waals surface area (Å²) in [6, 6.07) is 3.93. The van der Waals surface area contributed by atoms with Crippen molar-refractivity contribution < 1.29 is 32.0 Å². The summed E-state index contributed by atoms with van der Waals surface area (Å²) in [5.41, 5.74) is 2.65. The summed E-state index contributed by atoms with van der Waals surface area (Å²) in [7, 11) is -5.07. The second kappa shape index (κ2) is 22.8. The molecule has 9 heteroatoms. The van der Waals surface area contributed by atoms with E-state index in [1.165, 1.54) is 70.6 Å². The summed E-state index contributed by atoms with van der Waals surface area (Å²) >= 11 is 0. The summed E-state index contributed by atoms with van der Waals surface area (Å²) < 4.78 is 54.9. The van der Waals surface area contributed by atoms with Gasteiger partial charge in [0.1, 0.15) is 5.75 Å². The Hall–Kier alpha value is -0.680. The van der Waals surface area contributed by atoms with Gasteiger partial charge in [0.15, 0.2) is 0 Å². The van der Waals surface area contributed by atoms with Crippen molar-refractivity contribution in [3.63, 3.8) is 0 Å². The zero-order chi connectivity index (χ0) is 30.4. The Morgan fingerprint density at radius 1 is 0.512 bits per heavy atom. The molecule has 0 atom stereocenters. The van der Waals surface area contributed by atoms with Gasteiger partial charge in [-0.05, 0) is 57.7 Å². The molecule has 1 aromatic rings. The molecule has 0 fully saturated rings. The molecule has 0 bridgehead atoms. The molecule has 0 unspecified atom stereocenters. The Labute approximate surface area is 251 Å². The fourth-order valence-corrected chi connectivity index (χ4v) is 8.67. The van der Waals surface area contributed by atoms with Crippen molar-refractivity contribution in [1.82, 2.24) is 0 Å². The van der Waals surface area contributed by atoms with Crippen LogP contribution in [0.5, 0.6) is 5.75 Å². The molecule has 1 rings (SSSR count). The van der Waals surface area contributed by atoms with Gasteiger partial charge in [-0.15, -0.1) is 0 Å². The van der Waals surface area contributed by atoms with Gasteiger partial charge >= 0.3 is 15.2 Å². The van der Waals surface area contributed by atoms with Crippen LogP contribution in [0.4, 0.5) is 0 Å². The van der Waals surface area contributed by atoms with E-state index >= 15 is 0 Å². The van der Waals surface area contributed by atoms with Crippen molar-refractivity contribution in [3.05, 3.63) is 28.8 Å². The minimum absolute atomic E-state index is 0.0808. The molecular formula is C32H60O7P2. The first-order valence-electron chi connectivity index (χ1n) is 16.2. The predicted molar refractivity (Wildman–Crippen MR) is 172 cm³/mol. The van der Waals surface area contributed by atoms with Crippen molar-refractivity contribution in [2.24, 2.45) is 0 Å². The molecular weight excluding hydrogens is 558 g/mol. The number of ether oxygens (including phenoxy) is 1. The lowest BCUT2D eigenvalue weighted by molar-refractivity contribution is 0.218. The number of benzene rings is 1. The van der Waals surface area contributed by atoms with Crippen molar-refractivity contribution in [2.45, 2.75) is 137 Å². The molecule has 0 aromatic heterocycles. The van der Waals surface area contributed by atoms with Gasteiger partial charge in [-0.3, -0.25) is 9.13 Å². The highest BCUT2D eigenvalue weighted by molar-refractivity contribution is 7.53. The third-order valence-corrected chi connectivity index (χ3v) is 11.2. The first-order chi connectivity index (χ1) is 19.8. The van der Waals surface area contributed by atoms with E-state index in [2.05, 4.69) is 6.92 Å². The van der Waals surface area contributed by atoms with Crippen molar-refractivity contribution in [1.29, 1.82) is 0 Å². The first kappa shape index (κ1) is 38.3. The Morgan fingerprint density at radius 3 is 1.29 bits per heavy atom. The second-order valence-corrected chi connectivity index (χ2v) is 14.7. The minimum Gasteiger partial charge on any atom is -0.496 e. The molecule has 0 saturated heterocycles. The highest BCUT2D eigenvalue weighted by Crippen LogP contribution is 2.55. The number of methoxy groups -OCH3 is 1. The summed E-state index contributed by atoms with van der Waals surface area (Å²) in [4.78, 5) is 0. The number of aryl methyl sites for hydroxylation is 1. The summed E-state index contributed by atoms with van der Waals surface area (Å²) in [5, 5.41) is 0. The van der Waals surface area contributed by atoms with E-state index in [1.807, 2.05) is 26.0 Å². The van der Waals surface area contributed by atoms with Gasteiger partial charge in [0.2, 0.25) is 0 Å². The number of rotatable bonds is 27. The molecule has 0 heterocycles. The van der Waals surface area contributed by atoms with Gasteiger partial charge in [0, 0.05) is 5.56 Å². The average Bonchev–Trinajstić information content (AvgIpc) is 2.92. The largest absolute Gasteiger partial charge is 0.496 e. The lowest BCUT2D eigenvalue weighted by atomic mass is 9.98. The zero-order valence-electron chi connectivity index (χ0n) is 27.0. The van der Waals surface area contributed by atoms with Crippen LogP contribution in [0.25, 0.3) is 0 Å². The maximum Gasteiger partial charge on any atom is 0.335 e. The summed E-state index contributed by atoms with van der Waals surface area (Å²) in [6.45, 7) is 10.7. The van der Waals surface area contributed by atoms with Crippen LogP contribution in [-0.4, -0.2) is 33.5 Å². The quantitative estimate of drug-likeness (QED) is 0.0717. The van der Waals surface area contributed by atoms with E-state index in [-0.39, 0.29) is 25.5 Å². The second-order valence-electron chi connectivity index (χ2n) is 10.6. The number of hydrogen-bond acceptors (Lipinski definition) is 7. The molecule has 0 aliphatic heterocycles. The van der Waals surface area contributed by atoms with E-state index in [0.717, 1.165) is 30.4 Å². The first-order valence-corrected chi connectivity index (χ1v) is 19.7. The van der Waals surface area contributed by atoms with Gasteiger partial charge < -0.3 is 22.8 Å². The lowest BCUT2D eigenvalue weighted by Gasteiger charge is -2.22. The summed E-state index contributed by atoms with van der Waals surface area (Å²) in [6.07, 6.45) is 18.0. The van der Waals surface area contributed by atoms with Crippen molar-refractivity contribution >= 4 is 15.2 Å². The van der Waals surface area contributed by atoms with E-state index in [9.17, 15) is 9.13 Å². The van der Waals surface area contributed by atoms with Gasteiger partial charge in [-0.25, -0.2) is 0 Å². The van der Waals surface area contributed by atoms with Crippen molar-refractivity contribution in [2.75, 3.05) is 33.5 Å². The summed E-state index contributed by atoms with van der Waals surface area (Å²) in [5.74, 6) is 0.640. The number of hydrogen-bond donors (Lipinski definition) is 0. The fraction of sp³-hybridized carbons (Fsp3) is 0.812. The molecule has 0 aliphatic carbocycles. The molecule has 1 aromatic carbocycles. The zero-order valence-corrected chi connectivity index (χ0v) is 28.8. The SMILES string of the molecule is CCCCCCCCCCCCCCCc1cc(OC)c(CP(=O)(OCC)OCC)cc1CP(=O)(OCC)OCC. The van der Waals surface area contributed by atoms with E-state index in [4.69, 9.17) is 22.8 Å². The van der Waals surface area contributed by atoms with Crippen molar-refractivity contribution in [3.8, 4) is 5.75 Å². The molecule has 7 nitrogen and oxygen atoms in total. The van der Waals surface area contributed by atoms with E-state index in [0.29, 0.717) is 24.5 Å². The highest BCUT2D eigenvalue weighted by Gasteiger charge is 2.29. The van der Waals surface area contributed by atoms with Gasteiger partial charge in [0.05, 0.1) is 45.9 Å². The van der Waals surface area contributed by atoms with Crippen LogP contribution in [0.1, 0.15) is 135 Å². The molecule has 0 amide bonds. The maximum atomic E-state index is 13.5. The Balaban J connectivity index is 2.87. The molecule has 0 spiro atoms. The van der Waals surface area contributed by atoms with Crippen LogP contribution in [0.2, 0.25) is 0 Å². The lowest BCUT2D eigenvalue weighted by Crippen LogP contribution is -2.06. The fourth-order valence-electron chi connectivity index (χ4n) is 5.21. The van der Waals surface area contributed by atoms with Gasteiger partial charge in [0.25, 0.3) is 0 Å². The molecule has 240 valence electrons. The molecule has 0 saturated carbocycles. The van der Waals surface area contributed by atoms with E-state index in [1.54, 1.807) is 21.0 Å². The third kappa shape index (κ3) is 16.1. The highest BCUT2D eigenvalue weighted by atomic mass is 31.2. The normalized spacial score (nSPS) is 12.2. The number of unbranched alkanes of at least 4 members (excludes halogenated alkanes) is 12. The van der Waals surface area contributed by atoms with E-state index < -0.39 is 15.2 Å². The smallest absolute Gasteiger partial charge is 0.335 e. The standard InChI is InChI=1S/C32H60O7P2/c1-7-12-13-14-15-16-17-18-19-20-21-22-23-24-29-26-32(35-6)31(28-41(34,38-10-4)39-11-5)25-30(29)27-40(33,36-8-2)37-9-3/h25-26H,7-24,27-28H2,1-6H3. The van der Waals surface area contributed by atoms with Gasteiger partial charge in [-0.1, -0.05) is 90.0 Å². The maximum absolute atomic E-state index is 13.5. The Kier molecular flexibility index (Phi) is 21.3. The van der Waals surface area contributed by atoms with Crippen LogP contribution in [-0.2, 0) is 46.0 Å². The van der Waals surface area contributed by atoms with Crippen LogP contribution < -0.4 is 4.74 Å². The predicted octanol–water partition coefficient (Wildman–Crippen LogP) is 10.9. The monoisotopic (exact) mass is 618 g/mol. The molecule has 41 heavy (non-hydrogen) atoms. The average molecular weight is 619 g/mol. The van der Waals surface area contributed by atoms with Crippen LogP contribution >= 0.6 is 15.2 Å². The van der Waals surface area contributed by atoms with Crippen LogP contribution in [0, 0.1) is 0 Å². The van der Waals surface area contributed by atoms with Crippen LogP contribution in [0.3, 0.4) is 0 Å². The minimum atomic E-state index is -3.36. The molecule has 0 radical (unpaired) electrons. The Bertz CT molecular complexity index is 886. The topological polar surface area (TPSA) is 80.3 Å². The van der Waals surface area contributed by atoms with Crippen LogP contribution in [0.15, 0.2) is 12.1 Å². The Morgan fingerprint density at radius 2 is 0.902 bits per heavy atom. The van der Waals surface area contributed by atoms with Gasteiger partial charge in [-0.2, -0.15) is 0 Å². The molecule has 0 N–H and O–H groups in total.